The summed E-state index contributed by atoms with van der Waals surface area (Å²) in [6.45, 7) is 4.06. The summed E-state index contributed by atoms with van der Waals surface area (Å²) in [5.74, 6) is -0.500. The standard InChI is InChI=1S/C19H26N2O4/c1-24-18(23)16-6-4-15(5-7-16)17(22)20-14-19(8-2-3-9-19)21-10-12-25-13-11-21/h4-7H,2-3,8-14H2,1H3,(H,20,22). The van der Waals surface area contributed by atoms with Crippen molar-refractivity contribution >= 4 is 11.9 Å². The van der Waals surface area contributed by atoms with Crippen LogP contribution in [0.5, 0.6) is 0 Å². The molecule has 0 unspecified atom stereocenters. The van der Waals surface area contributed by atoms with Gasteiger partial charge in [0.2, 0.25) is 0 Å². The minimum absolute atomic E-state index is 0.0609. The molecule has 3 rings (SSSR count). The Kier molecular flexibility index (Phi) is 5.71. The third-order valence-corrected chi connectivity index (χ3v) is 5.36. The number of rotatable bonds is 5. The third-order valence-electron chi connectivity index (χ3n) is 5.36. The molecule has 1 aliphatic carbocycles. The fraction of sp³-hybridized carbons (Fsp3) is 0.579. The lowest BCUT2D eigenvalue weighted by molar-refractivity contribution is -0.0199. The number of amides is 1. The minimum atomic E-state index is -0.399. The van der Waals surface area contributed by atoms with Gasteiger partial charge in [-0.15, -0.1) is 0 Å². The Balaban J connectivity index is 1.62. The highest BCUT2D eigenvalue weighted by Crippen LogP contribution is 2.35. The predicted octanol–water partition coefficient (Wildman–Crippen LogP) is 1.85. The summed E-state index contributed by atoms with van der Waals surface area (Å²) in [5.41, 5.74) is 1.06. The second-order valence-corrected chi connectivity index (χ2v) is 6.78. The van der Waals surface area contributed by atoms with Crippen LogP contribution in [0, 0.1) is 0 Å². The van der Waals surface area contributed by atoms with E-state index in [4.69, 9.17) is 4.74 Å². The number of carbonyl (C=O) groups is 2. The molecular formula is C19H26N2O4. The average Bonchev–Trinajstić information content (AvgIpc) is 3.16. The normalized spacial score (nSPS) is 20.2. The molecule has 0 bridgehead atoms. The maximum Gasteiger partial charge on any atom is 0.337 e. The van der Waals surface area contributed by atoms with Gasteiger partial charge in [0.1, 0.15) is 0 Å². The molecule has 6 nitrogen and oxygen atoms in total. The van der Waals surface area contributed by atoms with E-state index in [0.29, 0.717) is 17.7 Å². The molecule has 136 valence electrons. The van der Waals surface area contributed by atoms with Gasteiger partial charge in [0.15, 0.2) is 0 Å². The van der Waals surface area contributed by atoms with Gasteiger partial charge in [0.05, 0.1) is 25.9 Å². The van der Waals surface area contributed by atoms with Crippen LogP contribution in [-0.4, -0.2) is 62.3 Å². The first-order valence-electron chi connectivity index (χ1n) is 8.94. The van der Waals surface area contributed by atoms with Crippen LogP contribution < -0.4 is 5.32 Å². The van der Waals surface area contributed by atoms with Crippen LogP contribution in [-0.2, 0) is 9.47 Å². The average molecular weight is 346 g/mol. The number of methoxy groups -OCH3 is 1. The largest absolute Gasteiger partial charge is 0.465 e. The van der Waals surface area contributed by atoms with Crippen LogP contribution in [0.3, 0.4) is 0 Å². The molecule has 1 saturated carbocycles. The molecular weight excluding hydrogens is 320 g/mol. The van der Waals surface area contributed by atoms with E-state index in [1.54, 1.807) is 24.3 Å². The molecule has 1 amide bonds. The molecule has 25 heavy (non-hydrogen) atoms. The number of morpholine rings is 1. The molecule has 6 heteroatoms. The van der Waals surface area contributed by atoms with Gasteiger partial charge in [-0.2, -0.15) is 0 Å². The van der Waals surface area contributed by atoms with Crippen molar-refractivity contribution in [2.45, 2.75) is 31.2 Å². The van der Waals surface area contributed by atoms with E-state index in [1.165, 1.54) is 20.0 Å². The van der Waals surface area contributed by atoms with Crippen molar-refractivity contribution in [1.29, 1.82) is 0 Å². The van der Waals surface area contributed by atoms with Gasteiger partial charge < -0.3 is 14.8 Å². The van der Waals surface area contributed by atoms with Gasteiger partial charge in [0, 0.05) is 30.7 Å². The number of benzene rings is 1. The maximum atomic E-state index is 12.5. The number of nitrogens with zero attached hydrogens (tertiary/aromatic N) is 1. The summed E-state index contributed by atoms with van der Waals surface area (Å²) in [4.78, 5) is 26.5. The van der Waals surface area contributed by atoms with E-state index >= 15 is 0 Å². The van der Waals surface area contributed by atoms with Gasteiger partial charge in [-0.05, 0) is 37.1 Å². The Bertz CT molecular complexity index is 602. The Morgan fingerprint density at radius 1 is 1.12 bits per heavy atom. The second kappa shape index (κ2) is 7.97. The van der Waals surface area contributed by atoms with E-state index in [0.717, 1.165) is 39.1 Å². The Morgan fingerprint density at radius 3 is 2.32 bits per heavy atom. The van der Waals surface area contributed by atoms with Gasteiger partial charge in [-0.1, -0.05) is 12.8 Å². The van der Waals surface area contributed by atoms with Gasteiger partial charge in [-0.3, -0.25) is 9.69 Å². The lowest BCUT2D eigenvalue weighted by atomic mass is 9.94. The molecule has 0 aromatic heterocycles. The lowest BCUT2D eigenvalue weighted by Crippen LogP contribution is -2.57. The molecule has 1 aliphatic heterocycles. The number of ether oxygens (including phenoxy) is 2. The molecule has 1 aromatic rings. The molecule has 0 atom stereocenters. The van der Waals surface area contributed by atoms with Crippen LogP contribution in [0.25, 0.3) is 0 Å². The first kappa shape index (κ1) is 17.9. The molecule has 1 N–H and O–H groups in total. The zero-order valence-electron chi connectivity index (χ0n) is 14.8. The van der Waals surface area contributed by atoms with Crippen LogP contribution in [0.15, 0.2) is 24.3 Å². The van der Waals surface area contributed by atoms with Crippen LogP contribution in [0.1, 0.15) is 46.4 Å². The van der Waals surface area contributed by atoms with Gasteiger partial charge in [-0.25, -0.2) is 4.79 Å². The summed E-state index contributed by atoms with van der Waals surface area (Å²) >= 11 is 0. The van der Waals surface area contributed by atoms with Crippen molar-refractivity contribution in [2.24, 2.45) is 0 Å². The zero-order chi connectivity index (χ0) is 17.7. The topological polar surface area (TPSA) is 67.9 Å². The highest BCUT2D eigenvalue weighted by Gasteiger charge is 2.40. The number of hydrogen-bond donors (Lipinski definition) is 1. The van der Waals surface area contributed by atoms with Crippen LogP contribution in [0.2, 0.25) is 0 Å². The molecule has 1 saturated heterocycles. The maximum absolute atomic E-state index is 12.5. The van der Waals surface area contributed by atoms with Crippen LogP contribution in [0.4, 0.5) is 0 Å². The second-order valence-electron chi connectivity index (χ2n) is 6.78. The quantitative estimate of drug-likeness (QED) is 0.824. The van der Waals surface area contributed by atoms with Crippen molar-refractivity contribution in [3.8, 4) is 0 Å². The Morgan fingerprint density at radius 2 is 1.72 bits per heavy atom. The van der Waals surface area contributed by atoms with Gasteiger partial charge >= 0.3 is 5.97 Å². The van der Waals surface area contributed by atoms with Gasteiger partial charge in [0.25, 0.3) is 5.91 Å². The van der Waals surface area contributed by atoms with E-state index in [-0.39, 0.29) is 11.4 Å². The summed E-state index contributed by atoms with van der Waals surface area (Å²) in [6, 6.07) is 6.57. The fourth-order valence-corrected chi connectivity index (χ4v) is 3.90. The summed E-state index contributed by atoms with van der Waals surface area (Å²) in [7, 11) is 1.34. The molecule has 1 aromatic carbocycles. The number of hydrogen-bond acceptors (Lipinski definition) is 5. The fourth-order valence-electron chi connectivity index (χ4n) is 3.90. The highest BCUT2D eigenvalue weighted by atomic mass is 16.5. The minimum Gasteiger partial charge on any atom is -0.465 e. The zero-order valence-corrected chi connectivity index (χ0v) is 14.8. The number of carbonyl (C=O) groups excluding carboxylic acids is 2. The third kappa shape index (κ3) is 4.02. The number of esters is 1. The van der Waals surface area contributed by atoms with E-state index in [2.05, 4.69) is 15.0 Å². The monoisotopic (exact) mass is 346 g/mol. The van der Waals surface area contributed by atoms with Crippen molar-refractivity contribution in [1.82, 2.24) is 10.2 Å². The van der Waals surface area contributed by atoms with Crippen molar-refractivity contribution < 1.29 is 19.1 Å². The summed E-state index contributed by atoms with van der Waals surface area (Å²) in [5, 5.41) is 3.10. The molecule has 2 fully saturated rings. The van der Waals surface area contributed by atoms with E-state index in [1.807, 2.05) is 0 Å². The predicted molar refractivity (Wildman–Crippen MR) is 93.7 cm³/mol. The molecule has 0 radical (unpaired) electrons. The van der Waals surface area contributed by atoms with Crippen molar-refractivity contribution in [3.05, 3.63) is 35.4 Å². The molecule has 0 spiro atoms. The molecule has 2 aliphatic rings. The summed E-state index contributed by atoms with van der Waals surface area (Å²) in [6.07, 6.45) is 4.66. The van der Waals surface area contributed by atoms with Crippen molar-refractivity contribution in [3.63, 3.8) is 0 Å². The van der Waals surface area contributed by atoms with Crippen molar-refractivity contribution in [2.75, 3.05) is 40.0 Å². The van der Waals surface area contributed by atoms with E-state index < -0.39 is 5.97 Å². The smallest absolute Gasteiger partial charge is 0.337 e. The molecule has 1 heterocycles. The van der Waals surface area contributed by atoms with E-state index in [9.17, 15) is 9.59 Å². The lowest BCUT2D eigenvalue weighted by Gasteiger charge is -2.43. The Labute approximate surface area is 148 Å². The first-order valence-corrected chi connectivity index (χ1v) is 8.94. The SMILES string of the molecule is COC(=O)c1ccc(C(=O)NCC2(N3CCOCC3)CCCC2)cc1. The Hall–Kier alpha value is -1.92. The number of nitrogens with one attached hydrogen (secondary N) is 1. The first-order chi connectivity index (χ1) is 12.1. The van der Waals surface area contributed by atoms with Crippen LogP contribution >= 0.6 is 0 Å². The summed E-state index contributed by atoms with van der Waals surface area (Å²) < 4.78 is 10.1. The highest BCUT2D eigenvalue weighted by molar-refractivity contribution is 5.96.